The van der Waals surface area contributed by atoms with Gasteiger partial charge in [-0.2, -0.15) is 0 Å². The van der Waals surface area contributed by atoms with Gasteiger partial charge >= 0.3 is 5.97 Å². The van der Waals surface area contributed by atoms with Crippen LogP contribution in [0.4, 0.5) is 9.52 Å². The molecule has 8 heteroatoms. The van der Waals surface area contributed by atoms with E-state index < -0.39 is 17.7 Å². The summed E-state index contributed by atoms with van der Waals surface area (Å²) in [6.45, 7) is 0. The van der Waals surface area contributed by atoms with Crippen molar-refractivity contribution in [2.75, 3.05) is 12.4 Å². The molecule has 104 valence electrons. The Balaban J connectivity index is 2.03. The van der Waals surface area contributed by atoms with E-state index in [4.69, 9.17) is 0 Å². The summed E-state index contributed by atoms with van der Waals surface area (Å²) in [7, 11) is 1.29. The predicted molar refractivity (Wildman–Crippen MR) is 70.0 cm³/mol. The molecular weight excluding hydrogens is 285 g/mol. The lowest BCUT2D eigenvalue weighted by Gasteiger charge is -2.01. The Hall–Kier alpha value is -2.35. The smallest absolute Gasteiger partial charge is 0.311 e. The van der Waals surface area contributed by atoms with Crippen molar-refractivity contribution >= 4 is 28.3 Å². The summed E-state index contributed by atoms with van der Waals surface area (Å²) in [5, 5.41) is 4.46. The van der Waals surface area contributed by atoms with Gasteiger partial charge in [0.2, 0.25) is 0 Å². The normalized spacial score (nSPS) is 10.1. The van der Waals surface area contributed by atoms with Gasteiger partial charge in [0.15, 0.2) is 5.13 Å². The minimum Gasteiger partial charge on any atom is -0.469 e. The highest BCUT2D eigenvalue weighted by atomic mass is 32.1. The number of nitrogens with zero attached hydrogens (tertiary/aromatic N) is 2. The highest BCUT2D eigenvalue weighted by molar-refractivity contribution is 7.14. The molecule has 1 N–H and O–H groups in total. The third kappa shape index (κ3) is 3.58. The van der Waals surface area contributed by atoms with Crippen LogP contribution in [0.25, 0.3) is 0 Å². The fourth-order valence-corrected chi connectivity index (χ4v) is 2.08. The number of anilines is 1. The van der Waals surface area contributed by atoms with E-state index >= 15 is 0 Å². The number of aromatic nitrogens is 2. The summed E-state index contributed by atoms with van der Waals surface area (Å²) < 4.78 is 17.5. The van der Waals surface area contributed by atoms with E-state index in [0.29, 0.717) is 10.8 Å². The average molecular weight is 295 g/mol. The number of thiazole rings is 1. The van der Waals surface area contributed by atoms with Crippen LogP contribution < -0.4 is 5.32 Å². The summed E-state index contributed by atoms with van der Waals surface area (Å²) >= 11 is 1.16. The molecule has 6 nitrogen and oxygen atoms in total. The average Bonchev–Trinajstić information content (AvgIpc) is 2.85. The number of esters is 1. The maximum Gasteiger partial charge on any atom is 0.311 e. The molecule has 1 amide bonds. The number of carbonyl (C=O) groups excluding carboxylic acids is 2. The molecule has 0 aliphatic heterocycles. The standard InChI is InChI=1S/C12H10FN3O3S/c1-19-10(17)3-9-6-20-12(15-9)16-11(18)7-2-8(13)5-14-4-7/h2,4-6H,3H2,1H3,(H,15,16,18). The molecule has 0 aliphatic carbocycles. The largest absolute Gasteiger partial charge is 0.469 e. The van der Waals surface area contributed by atoms with Gasteiger partial charge in [0.25, 0.3) is 5.91 Å². The fourth-order valence-electron chi connectivity index (χ4n) is 1.37. The van der Waals surface area contributed by atoms with E-state index in [1.165, 1.54) is 13.3 Å². The topological polar surface area (TPSA) is 81.2 Å². The second-order valence-electron chi connectivity index (χ2n) is 3.74. The Morgan fingerprint density at radius 1 is 1.45 bits per heavy atom. The molecule has 0 radical (unpaired) electrons. The molecule has 0 aliphatic rings. The number of nitrogens with one attached hydrogen (secondary N) is 1. The molecule has 0 saturated heterocycles. The van der Waals surface area contributed by atoms with E-state index in [1.54, 1.807) is 5.38 Å². The SMILES string of the molecule is COC(=O)Cc1csc(NC(=O)c2cncc(F)c2)n1. The molecule has 2 aromatic rings. The van der Waals surface area contributed by atoms with Crippen LogP contribution in [0.5, 0.6) is 0 Å². The van der Waals surface area contributed by atoms with Gasteiger partial charge in [-0.1, -0.05) is 0 Å². The fraction of sp³-hybridized carbons (Fsp3) is 0.167. The van der Waals surface area contributed by atoms with Crippen molar-refractivity contribution in [3.05, 3.63) is 40.9 Å². The molecule has 2 aromatic heterocycles. The first-order valence-electron chi connectivity index (χ1n) is 5.51. The van der Waals surface area contributed by atoms with Gasteiger partial charge in [0.05, 0.1) is 31.0 Å². The Labute approximate surface area is 117 Å². The Morgan fingerprint density at radius 3 is 2.95 bits per heavy atom. The molecular formula is C12H10FN3O3S. The molecule has 0 bridgehead atoms. The monoisotopic (exact) mass is 295 g/mol. The highest BCUT2D eigenvalue weighted by Crippen LogP contribution is 2.17. The van der Waals surface area contributed by atoms with Gasteiger partial charge in [-0.15, -0.1) is 11.3 Å². The van der Waals surface area contributed by atoms with Crippen molar-refractivity contribution < 1.29 is 18.7 Å². The summed E-state index contributed by atoms with van der Waals surface area (Å²) in [6, 6.07) is 1.07. The second-order valence-corrected chi connectivity index (χ2v) is 4.60. The molecule has 0 saturated carbocycles. The Bertz CT molecular complexity index is 644. The van der Waals surface area contributed by atoms with Gasteiger partial charge in [-0.3, -0.25) is 19.9 Å². The van der Waals surface area contributed by atoms with Gasteiger partial charge < -0.3 is 4.74 Å². The van der Waals surface area contributed by atoms with E-state index in [2.05, 4.69) is 20.0 Å². The van der Waals surface area contributed by atoms with Crippen molar-refractivity contribution in [3.63, 3.8) is 0 Å². The molecule has 20 heavy (non-hydrogen) atoms. The zero-order chi connectivity index (χ0) is 14.5. The van der Waals surface area contributed by atoms with E-state index in [1.807, 2.05) is 0 Å². The zero-order valence-electron chi connectivity index (χ0n) is 10.4. The Kier molecular flexibility index (Phi) is 4.36. The molecule has 0 unspecified atom stereocenters. The van der Waals surface area contributed by atoms with E-state index in [-0.39, 0.29) is 12.0 Å². The summed E-state index contributed by atoms with van der Waals surface area (Å²) in [4.78, 5) is 30.5. The highest BCUT2D eigenvalue weighted by Gasteiger charge is 2.12. The van der Waals surface area contributed by atoms with E-state index in [0.717, 1.165) is 23.6 Å². The minimum absolute atomic E-state index is 0.0321. The number of carbonyl (C=O) groups is 2. The van der Waals surface area contributed by atoms with Crippen LogP contribution in [-0.2, 0) is 16.0 Å². The first kappa shape index (κ1) is 14.1. The quantitative estimate of drug-likeness (QED) is 0.867. The predicted octanol–water partition coefficient (Wildman–Crippen LogP) is 1.64. The van der Waals surface area contributed by atoms with E-state index in [9.17, 15) is 14.0 Å². The molecule has 2 rings (SSSR count). The molecule has 0 aromatic carbocycles. The molecule has 0 spiro atoms. The van der Waals surface area contributed by atoms with Gasteiger partial charge in [0, 0.05) is 11.6 Å². The van der Waals surface area contributed by atoms with Gasteiger partial charge in [-0.05, 0) is 6.07 Å². The number of pyridine rings is 1. The lowest BCUT2D eigenvalue weighted by molar-refractivity contribution is -0.139. The lowest BCUT2D eigenvalue weighted by atomic mass is 10.3. The van der Waals surface area contributed by atoms with Gasteiger partial charge in [0.1, 0.15) is 5.82 Å². The van der Waals surface area contributed by atoms with Gasteiger partial charge in [-0.25, -0.2) is 9.37 Å². The molecule has 2 heterocycles. The first-order chi connectivity index (χ1) is 9.58. The summed E-state index contributed by atoms with van der Waals surface area (Å²) in [6.07, 6.45) is 2.29. The molecule has 0 atom stereocenters. The van der Waals surface area contributed by atoms with Crippen LogP contribution >= 0.6 is 11.3 Å². The summed E-state index contributed by atoms with van der Waals surface area (Å²) in [5.41, 5.74) is 0.587. The number of hydrogen-bond acceptors (Lipinski definition) is 6. The maximum absolute atomic E-state index is 12.9. The van der Waals surface area contributed by atoms with Crippen molar-refractivity contribution in [2.45, 2.75) is 6.42 Å². The van der Waals surface area contributed by atoms with Crippen LogP contribution in [0, 0.1) is 5.82 Å². The van der Waals surface area contributed by atoms with Crippen LogP contribution in [0.1, 0.15) is 16.1 Å². The third-order valence-electron chi connectivity index (χ3n) is 2.29. The van der Waals surface area contributed by atoms with Crippen LogP contribution in [0.15, 0.2) is 23.8 Å². The second kappa shape index (κ2) is 6.20. The van der Waals surface area contributed by atoms with Crippen molar-refractivity contribution in [1.82, 2.24) is 9.97 Å². The number of hydrogen-bond donors (Lipinski definition) is 1. The van der Waals surface area contributed by atoms with Crippen molar-refractivity contribution in [1.29, 1.82) is 0 Å². The first-order valence-corrected chi connectivity index (χ1v) is 6.39. The van der Waals surface area contributed by atoms with Crippen LogP contribution in [0.2, 0.25) is 0 Å². The molecule has 0 fully saturated rings. The number of halogens is 1. The van der Waals surface area contributed by atoms with Crippen molar-refractivity contribution in [2.24, 2.45) is 0 Å². The minimum atomic E-state index is -0.594. The zero-order valence-corrected chi connectivity index (χ0v) is 11.2. The number of methoxy groups -OCH3 is 1. The van der Waals surface area contributed by atoms with Crippen molar-refractivity contribution in [3.8, 4) is 0 Å². The number of rotatable bonds is 4. The van der Waals surface area contributed by atoms with Crippen LogP contribution in [0.3, 0.4) is 0 Å². The summed E-state index contributed by atoms with van der Waals surface area (Å²) in [5.74, 6) is -1.53. The number of ether oxygens (including phenoxy) is 1. The van der Waals surface area contributed by atoms with Crippen LogP contribution in [-0.4, -0.2) is 29.0 Å². The number of amides is 1. The maximum atomic E-state index is 12.9. The Morgan fingerprint density at radius 2 is 2.25 bits per heavy atom. The third-order valence-corrected chi connectivity index (χ3v) is 3.10. The lowest BCUT2D eigenvalue weighted by Crippen LogP contribution is -2.12.